The molecule has 0 bridgehead atoms. The Hall–Kier alpha value is -1.30. The monoisotopic (exact) mass is 257 g/mol. The number of allylic oxidation sites excluding steroid dienone is 1. The summed E-state index contributed by atoms with van der Waals surface area (Å²) in [6, 6.07) is 0.179. The first-order valence-corrected chi connectivity index (χ1v) is 9.14. The van der Waals surface area contributed by atoms with Crippen molar-refractivity contribution < 1.29 is 19.0 Å². The minimum Gasteiger partial charge on any atom is -0.467 e. The zero-order valence-corrected chi connectivity index (χ0v) is 11.9. The van der Waals surface area contributed by atoms with Crippen LogP contribution in [0.5, 0.6) is 0 Å². The number of esters is 1. The van der Waals surface area contributed by atoms with Gasteiger partial charge in [0.15, 0.2) is 6.04 Å². The number of nitrogens with zero attached hydrogens (tertiary/aromatic N) is 1. The first kappa shape index (κ1) is 13.8. The normalized spacial score (nSPS) is 19.9. The Balaban J connectivity index is 2.85. The third-order valence-electron chi connectivity index (χ3n) is 2.13. The fourth-order valence-corrected chi connectivity index (χ4v) is 2.69. The summed E-state index contributed by atoms with van der Waals surface area (Å²) in [6.45, 7) is 6.67. The predicted molar refractivity (Wildman–Crippen MR) is 67.6 cm³/mol. The summed E-state index contributed by atoms with van der Waals surface area (Å²) in [5, 5.41) is 0. The molecule has 96 valence electrons. The summed E-state index contributed by atoms with van der Waals surface area (Å²) < 4.78 is 15.1. The Morgan fingerprint density at radius 1 is 1.47 bits per heavy atom. The molecule has 6 heteroatoms. The van der Waals surface area contributed by atoms with Gasteiger partial charge in [0.25, 0.3) is 0 Å². The van der Waals surface area contributed by atoms with Gasteiger partial charge in [0, 0.05) is 6.04 Å². The van der Waals surface area contributed by atoms with Crippen LogP contribution in [0.15, 0.2) is 16.8 Å². The van der Waals surface area contributed by atoms with Crippen LogP contribution in [0.4, 0.5) is 0 Å². The summed E-state index contributed by atoms with van der Waals surface area (Å²) in [5.41, 5.74) is 0. The van der Waals surface area contributed by atoms with E-state index in [1.165, 1.54) is 14.2 Å². The lowest BCUT2D eigenvalue weighted by atomic mass is 10.2. The van der Waals surface area contributed by atoms with E-state index in [1.807, 2.05) is 0 Å². The summed E-state index contributed by atoms with van der Waals surface area (Å²) >= 11 is 0. The number of aliphatic imine (C=N–C) groups is 1. The van der Waals surface area contributed by atoms with E-state index in [9.17, 15) is 4.79 Å². The number of rotatable bonds is 3. The lowest BCUT2D eigenvalue weighted by Crippen LogP contribution is -2.29. The molecule has 0 saturated heterocycles. The molecule has 0 unspecified atom stereocenters. The first-order chi connectivity index (χ1) is 7.85. The molecule has 5 nitrogen and oxygen atoms in total. The zero-order chi connectivity index (χ0) is 13.1. The van der Waals surface area contributed by atoms with Crippen molar-refractivity contribution in [2.45, 2.75) is 31.7 Å². The Bertz CT molecular complexity index is 357. The minimum atomic E-state index is -1.32. The van der Waals surface area contributed by atoms with Crippen LogP contribution in [0.1, 0.15) is 0 Å². The molecule has 0 aromatic rings. The van der Waals surface area contributed by atoms with Crippen LogP contribution in [-0.2, 0) is 19.0 Å². The van der Waals surface area contributed by atoms with E-state index in [-0.39, 0.29) is 6.08 Å². The second-order valence-corrected chi connectivity index (χ2v) is 10.5. The Labute approximate surface area is 102 Å². The largest absolute Gasteiger partial charge is 0.467 e. The van der Waals surface area contributed by atoms with Gasteiger partial charge in [0.2, 0.25) is 0 Å². The molecule has 1 rings (SSSR count). The highest BCUT2D eigenvalue weighted by molar-refractivity contribution is 6.76. The number of hydrogen-bond acceptors (Lipinski definition) is 5. The van der Waals surface area contributed by atoms with Gasteiger partial charge in [-0.3, -0.25) is 0 Å². The molecule has 1 aliphatic rings. The van der Waals surface area contributed by atoms with Gasteiger partial charge in [0.1, 0.15) is 5.76 Å². The van der Waals surface area contributed by atoms with Gasteiger partial charge in [-0.05, 0) is 6.08 Å². The number of ether oxygens (including phenoxy) is 3. The highest BCUT2D eigenvalue weighted by Gasteiger charge is 2.27. The molecule has 0 saturated carbocycles. The van der Waals surface area contributed by atoms with Gasteiger partial charge < -0.3 is 14.2 Å². The van der Waals surface area contributed by atoms with E-state index in [2.05, 4.69) is 29.4 Å². The van der Waals surface area contributed by atoms with E-state index in [0.717, 1.165) is 11.8 Å². The van der Waals surface area contributed by atoms with Crippen molar-refractivity contribution in [2.24, 2.45) is 4.99 Å². The maximum absolute atomic E-state index is 11.5. The van der Waals surface area contributed by atoms with E-state index < -0.39 is 20.1 Å². The maximum atomic E-state index is 11.5. The summed E-state index contributed by atoms with van der Waals surface area (Å²) in [4.78, 5) is 15.5. The predicted octanol–water partition coefficient (Wildman–Crippen LogP) is 1.78. The molecule has 1 atom stereocenters. The Kier molecular flexibility index (Phi) is 4.33. The third-order valence-corrected chi connectivity index (χ3v) is 3.54. The molecular weight excluding hydrogens is 238 g/mol. The Morgan fingerprint density at radius 3 is 2.59 bits per heavy atom. The summed E-state index contributed by atoms with van der Waals surface area (Å²) in [7, 11) is 1.48. The van der Waals surface area contributed by atoms with Crippen LogP contribution < -0.4 is 0 Å². The highest BCUT2D eigenvalue weighted by Crippen LogP contribution is 2.22. The van der Waals surface area contributed by atoms with Gasteiger partial charge in [-0.1, -0.05) is 19.6 Å². The van der Waals surface area contributed by atoms with Gasteiger partial charge in [-0.15, -0.1) is 0 Å². The second-order valence-electron chi connectivity index (χ2n) is 5.04. The summed E-state index contributed by atoms with van der Waals surface area (Å²) in [5.74, 6) is 0.336. The number of carbonyl (C=O) groups excluding carboxylic acids is 1. The molecule has 0 aromatic heterocycles. The van der Waals surface area contributed by atoms with Crippen LogP contribution in [0, 0.1) is 0 Å². The molecule has 1 heterocycles. The third kappa shape index (κ3) is 4.22. The van der Waals surface area contributed by atoms with Crippen molar-refractivity contribution in [3.05, 3.63) is 11.8 Å². The van der Waals surface area contributed by atoms with Gasteiger partial charge in [-0.25, -0.2) is 4.79 Å². The minimum absolute atomic E-state index is 0.121. The van der Waals surface area contributed by atoms with Crippen LogP contribution in [-0.4, -0.2) is 40.4 Å². The number of carbonyl (C=O) groups is 1. The van der Waals surface area contributed by atoms with E-state index >= 15 is 0 Å². The molecule has 0 N–H and O–H groups in total. The summed E-state index contributed by atoms with van der Waals surface area (Å²) in [6.07, 6.45) is 1.82. The molecule has 0 radical (unpaired) electrons. The average molecular weight is 257 g/mol. The number of hydrogen-bond donors (Lipinski definition) is 0. The van der Waals surface area contributed by atoms with Crippen molar-refractivity contribution in [1.29, 1.82) is 0 Å². The quantitative estimate of drug-likeness (QED) is 0.571. The highest BCUT2D eigenvalue weighted by atomic mass is 28.3. The van der Waals surface area contributed by atoms with Gasteiger partial charge in [0.05, 0.1) is 22.3 Å². The van der Waals surface area contributed by atoms with Crippen LogP contribution in [0.2, 0.25) is 25.7 Å². The SMILES string of the molecule is COC(=O)[C@H]1C=C(C[Si](C)(C)C)OC(OC)=N1. The molecule has 0 fully saturated rings. The fraction of sp³-hybridized carbons (Fsp3) is 0.636. The van der Waals surface area contributed by atoms with Crippen LogP contribution in [0.3, 0.4) is 0 Å². The lowest BCUT2D eigenvalue weighted by molar-refractivity contribution is -0.141. The van der Waals surface area contributed by atoms with Crippen molar-refractivity contribution >= 4 is 20.1 Å². The second kappa shape index (κ2) is 5.35. The average Bonchev–Trinajstić information content (AvgIpc) is 2.25. The lowest BCUT2D eigenvalue weighted by Gasteiger charge is -2.22. The molecule has 0 amide bonds. The van der Waals surface area contributed by atoms with Crippen molar-refractivity contribution in [1.82, 2.24) is 0 Å². The number of methoxy groups -OCH3 is 2. The topological polar surface area (TPSA) is 57.1 Å². The molecule has 0 spiro atoms. The Morgan fingerprint density at radius 2 is 2.12 bits per heavy atom. The fourth-order valence-electron chi connectivity index (χ4n) is 1.45. The van der Waals surface area contributed by atoms with E-state index in [1.54, 1.807) is 6.08 Å². The standard InChI is InChI=1S/C11H19NO4Si/c1-14-10(13)9-6-8(7-17(3,4)5)16-11(12-9)15-2/h6,9H,7H2,1-5H3/t9-/m1/s1. The first-order valence-electron chi connectivity index (χ1n) is 5.44. The zero-order valence-electron chi connectivity index (χ0n) is 10.9. The van der Waals surface area contributed by atoms with Crippen LogP contribution in [0.25, 0.3) is 0 Å². The molecule has 0 aromatic carbocycles. The van der Waals surface area contributed by atoms with E-state index in [4.69, 9.17) is 9.47 Å². The van der Waals surface area contributed by atoms with Crippen molar-refractivity contribution in [3.8, 4) is 0 Å². The van der Waals surface area contributed by atoms with Crippen molar-refractivity contribution in [2.75, 3.05) is 14.2 Å². The molecule has 1 aliphatic heterocycles. The van der Waals surface area contributed by atoms with E-state index in [0.29, 0.717) is 0 Å². The maximum Gasteiger partial charge on any atom is 0.389 e. The molecular formula is C11H19NO4Si. The van der Waals surface area contributed by atoms with Gasteiger partial charge in [-0.2, -0.15) is 4.99 Å². The smallest absolute Gasteiger partial charge is 0.389 e. The van der Waals surface area contributed by atoms with Crippen molar-refractivity contribution in [3.63, 3.8) is 0 Å². The van der Waals surface area contributed by atoms with Gasteiger partial charge >= 0.3 is 12.1 Å². The molecule has 0 aliphatic carbocycles. The van der Waals surface area contributed by atoms with Crippen LogP contribution >= 0.6 is 0 Å². The molecule has 17 heavy (non-hydrogen) atoms.